The molecule has 3 heteroatoms. The van der Waals surface area contributed by atoms with Crippen molar-refractivity contribution in [3.05, 3.63) is 70.8 Å². The van der Waals surface area contributed by atoms with E-state index < -0.39 is 0 Å². The molecule has 0 fully saturated rings. The molecular weight excluding hydrogens is 298 g/mol. The Balaban J connectivity index is 1.86. The minimum atomic E-state index is -0.145. The van der Waals surface area contributed by atoms with Gasteiger partial charge in [-0.2, -0.15) is 0 Å². The smallest absolute Gasteiger partial charge is 0.306 e. The molecule has 0 radical (unpaired) electrons. The van der Waals surface area contributed by atoms with Crippen LogP contribution < -0.4 is 0 Å². The summed E-state index contributed by atoms with van der Waals surface area (Å²) in [6, 6.07) is 16.6. The van der Waals surface area contributed by atoms with Gasteiger partial charge >= 0.3 is 5.97 Å². The fourth-order valence-corrected chi connectivity index (χ4v) is 3.09. The van der Waals surface area contributed by atoms with Crippen LogP contribution in [0.2, 0.25) is 0 Å². The number of carbonyl (C=O) groups excluding carboxylic acids is 1. The van der Waals surface area contributed by atoms with E-state index in [0.29, 0.717) is 13.0 Å². The van der Waals surface area contributed by atoms with Gasteiger partial charge in [-0.05, 0) is 36.3 Å². The Morgan fingerprint density at radius 3 is 2.04 bits per heavy atom. The molecule has 124 valence electrons. The predicted octanol–water partition coefficient (Wildman–Crippen LogP) is 3.80. The standard InChI is InChI=1S/C21H23NO2/c1-22(2)13-14-24-21(23)15-20-18-9-5-3-7-16(18)11-12-17-8-4-6-10-19(17)20/h3-12,20H,13-15H2,1-2H3. The van der Waals surface area contributed by atoms with Crippen molar-refractivity contribution in [2.45, 2.75) is 12.3 Å². The third kappa shape index (κ3) is 3.74. The SMILES string of the molecule is CN(C)CCOC(=O)CC1c2ccccc2C=Cc2ccccc21. The zero-order valence-corrected chi connectivity index (χ0v) is 14.2. The summed E-state index contributed by atoms with van der Waals surface area (Å²) in [7, 11) is 3.94. The van der Waals surface area contributed by atoms with E-state index >= 15 is 0 Å². The first kappa shape index (κ1) is 16.5. The summed E-state index contributed by atoms with van der Waals surface area (Å²) >= 11 is 0. The van der Waals surface area contributed by atoms with Gasteiger partial charge in [0.25, 0.3) is 0 Å². The maximum Gasteiger partial charge on any atom is 0.306 e. The van der Waals surface area contributed by atoms with Gasteiger partial charge in [-0.3, -0.25) is 4.79 Å². The monoisotopic (exact) mass is 321 g/mol. The normalized spacial score (nSPS) is 13.3. The molecule has 3 rings (SSSR count). The second-order valence-electron chi connectivity index (χ2n) is 6.37. The molecule has 1 aliphatic carbocycles. The highest BCUT2D eigenvalue weighted by atomic mass is 16.5. The van der Waals surface area contributed by atoms with Crippen molar-refractivity contribution in [1.82, 2.24) is 4.90 Å². The van der Waals surface area contributed by atoms with Crippen LogP contribution in [0.1, 0.15) is 34.6 Å². The first-order valence-corrected chi connectivity index (χ1v) is 8.31. The molecule has 0 bridgehead atoms. The fraction of sp³-hybridized carbons (Fsp3) is 0.286. The van der Waals surface area contributed by atoms with E-state index in [4.69, 9.17) is 4.74 Å². The summed E-state index contributed by atoms with van der Waals surface area (Å²) in [4.78, 5) is 14.4. The molecule has 0 N–H and O–H groups in total. The van der Waals surface area contributed by atoms with E-state index in [-0.39, 0.29) is 11.9 Å². The minimum Gasteiger partial charge on any atom is -0.464 e. The van der Waals surface area contributed by atoms with E-state index in [1.54, 1.807) is 0 Å². The van der Waals surface area contributed by atoms with Gasteiger partial charge in [0.15, 0.2) is 0 Å². The van der Waals surface area contributed by atoms with Crippen LogP contribution in [0.3, 0.4) is 0 Å². The number of hydrogen-bond donors (Lipinski definition) is 0. The molecule has 3 nitrogen and oxygen atoms in total. The molecule has 0 unspecified atom stereocenters. The summed E-state index contributed by atoms with van der Waals surface area (Å²) in [5.41, 5.74) is 4.70. The van der Waals surface area contributed by atoms with Crippen LogP contribution in [0.15, 0.2) is 48.5 Å². The van der Waals surface area contributed by atoms with Crippen molar-refractivity contribution in [2.75, 3.05) is 27.2 Å². The summed E-state index contributed by atoms with van der Waals surface area (Å²) in [6.45, 7) is 1.17. The van der Waals surface area contributed by atoms with Crippen molar-refractivity contribution < 1.29 is 9.53 Å². The lowest BCUT2D eigenvalue weighted by Crippen LogP contribution is -2.21. The summed E-state index contributed by atoms with van der Waals surface area (Å²) in [5, 5.41) is 0. The molecule has 0 saturated carbocycles. The average molecular weight is 321 g/mol. The van der Waals surface area contributed by atoms with Gasteiger partial charge in [0.05, 0.1) is 6.42 Å². The van der Waals surface area contributed by atoms with Crippen molar-refractivity contribution in [2.24, 2.45) is 0 Å². The number of nitrogens with zero attached hydrogens (tertiary/aromatic N) is 1. The molecular formula is C21H23NO2. The third-order valence-corrected chi connectivity index (χ3v) is 4.36. The van der Waals surface area contributed by atoms with Crippen LogP contribution in [0.4, 0.5) is 0 Å². The maximum absolute atomic E-state index is 12.4. The third-order valence-electron chi connectivity index (χ3n) is 4.36. The molecule has 0 aromatic heterocycles. The number of likely N-dealkylation sites (N-methyl/N-ethyl adjacent to an activating group) is 1. The second kappa shape index (κ2) is 7.45. The molecule has 0 spiro atoms. The van der Waals surface area contributed by atoms with Gasteiger partial charge in [0.1, 0.15) is 6.61 Å². The van der Waals surface area contributed by atoms with Crippen molar-refractivity contribution in [1.29, 1.82) is 0 Å². The van der Waals surface area contributed by atoms with Gasteiger partial charge in [0, 0.05) is 12.5 Å². The molecule has 2 aromatic carbocycles. The van der Waals surface area contributed by atoms with Crippen LogP contribution in [0.25, 0.3) is 12.2 Å². The molecule has 2 aromatic rings. The molecule has 1 aliphatic rings. The number of benzene rings is 2. The Labute approximate surface area is 143 Å². The van der Waals surface area contributed by atoms with E-state index in [1.807, 2.05) is 43.3 Å². The zero-order chi connectivity index (χ0) is 16.9. The Bertz CT molecular complexity index is 700. The van der Waals surface area contributed by atoms with Gasteiger partial charge in [0.2, 0.25) is 0 Å². The molecule has 0 atom stereocenters. The number of carbonyl (C=O) groups is 1. The van der Waals surface area contributed by atoms with Crippen molar-refractivity contribution >= 4 is 18.1 Å². The highest BCUT2D eigenvalue weighted by Crippen LogP contribution is 2.36. The quantitative estimate of drug-likeness (QED) is 0.785. The van der Waals surface area contributed by atoms with Crippen LogP contribution in [0.5, 0.6) is 0 Å². The number of rotatable bonds is 5. The van der Waals surface area contributed by atoms with E-state index in [9.17, 15) is 4.79 Å². The lowest BCUT2D eigenvalue weighted by atomic mass is 9.85. The van der Waals surface area contributed by atoms with Gasteiger partial charge < -0.3 is 9.64 Å². The molecule has 0 saturated heterocycles. The number of esters is 1. The highest BCUT2D eigenvalue weighted by Gasteiger charge is 2.24. The first-order valence-electron chi connectivity index (χ1n) is 8.31. The van der Waals surface area contributed by atoms with Crippen LogP contribution in [0, 0.1) is 0 Å². The molecule has 24 heavy (non-hydrogen) atoms. The lowest BCUT2D eigenvalue weighted by Gasteiger charge is -2.20. The number of hydrogen-bond acceptors (Lipinski definition) is 3. The van der Waals surface area contributed by atoms with E-state index in [2.05, 4.69) is 36.4 Å². The maximum atomic E-state index is 12.4. The second-order valence-corrected chi connectivity index (χ2v) is 6.37. The van der Waals surface area contributed by atoms with Gasteiger partial charge in [-0.1, -0.05) is 60.7 Å². The molecule has 0 aliphatic heterocycles. The van der Waals surface area contributed by atoms with Crippen LogP contribution in [-0.2, 0) is 9.53 Å². The van der Waals surface area contributed by atoms with Crippen molar-refractivity contribution in [3.63, 3.8) is 0 Å². The van der Waals surface area contributed by atoms with Gasteiger partial charge in [-0.15, -0.1) is 0 Å². The van der Waals surface area contributed by atoms with Crippen molar-refractivity contribution in [3.8, 4) is 0 Å². The highest BCUT2D eigenvalue weighted by molar-refractivity contribution is 5.79. The topological polar surface area (TPSA) is 29.5 Å². The van der Waals surface area contributed by atoms with E-state index in [1.165, 1.54) is 22.3 Å². The number of fused-ring (bicyclic) bond motifs is 2. The summed E-state index contributed by atoms with van der Waals surface area (Å²) in [5.74, 6) is -0.118. The minimum absolute atomic E-state index is 0.0271. The predicted molar refractivity (Wildman–Crippen MR) is 97.8 cm³/mol. The first-order chi connectivity index (χ1) is 11.6. The fourth-order valence-electron chi connectivity index (χ4n) is 3.09. The van der Waals surface area contributed by atoms with E-state index in [0.717, 1.165) is 6.54 Å². The van der Waals surface area contributed by atoms with Gasteiger partial charge in [-0.25, -0.2) is 0 Å². The zero-order valence-electron chi connectivity index (χ0n) is 14.2. The average Bonchev–Trinajstić information content (AvgIpc) is 2.73. The Hall–Kier alpha value is -2.39. The van der Waals surface area contributed by atoms with Crippen LogP contribution >= 0.6 is 0 Å². The molecule has 0 heterocycles. The Morgan fingerprint density at radius 1 is 0.958 bits per heavy atom. The lowest BCUT2D eigenvalue weighted by molar-refractivity contribution is -0.144. The summed E-state index contributed by atoms with van der Waals surface area (Å²) in [6.07, 6.45) is 4.63. The Kier molecular flexibility index (Phi) is 5.11. The van der Waals surface area contributed by atoms with Crippen LogP contribution in [-0.4, -0.2) is 38.1 Å². The number of ether oxygens (including phenoxy) is 1. The largest absolute Gasteiger partial charge is 0.464 e. The molecule has 0 amide bonds. The Morgan fingerprint density at radius 2 is 1.50 bits per heavy atom. The summed E-state index contributed by atoms with van der Waals surface area (Å²) < 4.78 is 5.43.